The summed E-state index contributed by atoms with van der Waals surface area (Å²) in [6, 6.07) is 65.9. The largest absolute Gasteiger partial charge is 0.308 e. The van der Waals surface area contributed by atoms with Crippen LogP contribution in [-0.2, 0) is 0 Å². The molecule has 0 saturated carbocycles. The average molecular weight is 743 g/mol. The fourth-order valence-corrected chi connectivity index (χ4v) is 10.6. The van der Waals surface area contributed by atoms with E-state index >= 15 is 0 Å². The molecule has 264 valence electrons. The van der Waals surface area contributed by atoms with E-state index in [4.69, 9.17) is 9.97 Å². The van der Waals surface area contributed by atoms with Crippen LogP contribution in [0.15, 0.2) is 182 Å². The highest BCUT2D eigenvalue weighted by Crippen LogP contribution is 2.43. The van der Waals surface area contributed by atoms with Gasteiger partial charge in [-0.05, 0) is 59.3 Å². The molecular formula is C52H30N4S. The van der Waals surface area contributed by atoms with Crippen LogP contribution in [-0.4, -0.2) is 19.1 Å². The lowest BCUT2D eigenvalue weighted by Gasteiger charge is -2.14. The van der Waals surface area contributed by atoms with Crippen molar-refractivity contribution in [1.29, 1.82) is 0 Å². The molecule has 4 aromatic heterocycles. The number of hydrogen-bond donors (Lipinski definition) is 0. The Hall–Kier alpha value is -7.34. The number of benzene rings is 9. The van der Waals surface area contributed by atoms with Crippen LogP contribution in [0.2, 0.25) is 0 Å². The van der Waals surface area contributed by atoms with Crippen LogP contribution in [0, 0.1) is 0 Å². The van der Waals surface area contributed by atoms with Crippen LogP contribution < -0.4 is 0 Å². The second-order valence-corrected chi connectivity index (χ2v) is 16.0. The van der Waals surface area contributed by atoms with Crippen molar-refractivity contribution in [3.63, 3.8) is 0 Å². The second-order valence-electron chi connectivity index (χ2n) is 14.9. The summed E-state index contributed by atoms with van der Waals surface area (Å²) in [5.41, 5.74) is 8.73. The zero-order valence-corrected chi connectivity index (χ0v) is 31.3. The number of fused-ring (bicyclic) bond motifs is 13. The van der Waals surface area contributed by atoms with E-state index in [2.05, 4.69) is 191 Å². The first-order valence-corrected chi connectivity index (χ1v) is 20.2. The minimum atomic E-state index is 0.663. The fraction of sp³-hybridized carbons (Fsp3) is 0. The molecule has 0 unspecified atom stereocenters. The standard InChI is InChI=1S/C52H30N4S/c1-2-15-33-31(13-1)27-28-36-34-16-4-8-22-43(34)55(51(33)36)45-24-11-14-32-29-46-41(30-40(32)45)35-17-5-9-23-44(35)56(46)52-53-42-21-7-3-18-37(42)50(54-52)39-20-12-26-48-49(39)38-19-6-10-25-47(38)57-48/h1-30H. The Morgan fingerprint density at radius 3 is 1.93 bits per heavy atom. The van der Waals surface area contributed by atoms with E-state index in [1.807, 2.05) is 11.3 Å². The molecule has 0 aliphatic rings. The molecule has 0 N–H and O–H groups in total. The number of aromatic nitrogens is 4. The first-order valence-electron chi connectivity index (χ1n) is 19.3. The summed E-state index contributed by atoms with van der Waals surface area (Å²) in [4.78, 5) is 10.9. The molecule has 0 bridgehead atoms. The normalized spacial score (nSPS) is 12.2. The maximum atomic E-state index is 5.54. The van der Waals surface area contributed by atoms with Crippen molar-refractivity contribution in [2.24, 2.45) is 0 Å². The Kier molecular flexibility index (Phi) is 6.29. The predicted molar refractivity (Wildman–Crippen MR) is 242 cm³/mol. The quantitative estimate of drug-likeness (QED) is 0.181. The Labute approximate surface area is 330 Å². The summed E-state index contributed by atoms with van der Waals surface area (Å²) in [5.74, 6) is 0.663. The molecule has 4 nitrogen and oxygen atoms in total. The highest BCUT2D eigenvalue weighted by Gasteiger charge is 2.22. The Morgan fingerprint density at radius 1 is 0.386 bits per heavy atom. The van der Waals surface area contributed by atoms with Crippen LogP contribution in [0.3, 0.4) is 0 Å². The summed E-state index contributed by atoms with van der Waals surface area (Å²) in [6.45, 7) is 0. The van der Waals surface area contributed by atoms with E-state index in [1.165, 1.54) is 68.9 Å². The summed E-state index contributed by atoms with van der Waals surface area (Å²) < 4.78 is 7.29. The maximum Gasteiger partial charge on any atom is 0.235 e. The lowest BCUT2D eigenvalue weighted by Crippen LogP contribution is -2.03. The highest BCUT2D eigenvalue weighted by atomic mass is 32.1. The van der Waals surface area contributed by atoms with Crippen molar-refractivity contribution in [2.75, 3.05) is 0 Å². The molecule has 57 heavy (non-hydrogen) atoms. The van der Waals surface area contributed by atoms with Crippen LogP contribution in [0.5, 0.6) is 0 Å². The van der Waals surface area contributed by atoms with Gasteiger partial charge in [-0.2, -0.15) is 0 Å². The lowest BCUT2D eigenvalue weighted by molar-refractivity contribution is 1.01. The van der Waals surface area contributed by atoms with E-state index in [0.29, 0.717) is 5.95 Å². The zero-order valence-electron chi connectivity index (χ0n) is 30.5. The Balaban J connectivity index is 1.11. The smallest absolute Gasteiger partial charge is 0.235 e. The van der Waals surface area contributed by atoms with E-state index in [0.717, 1.165) is 44.3 Å². The molecule has 0 amide bonds. The van der Waals surface area contributed by atoms with Gasteiger partial charge in [0.2, 0.25) is 5.95 Å². The van der Waals surface area contributed by atoms with Crippen LogP contribution in [0.1, 0.15) is 0 Å². The number of para-hydroxylation sites is 3. The third kappa shape index (κ3) is 4.32. The molecule has 0 aliphatic heterocycles. The van der Waals surface area contributed by atoms with Crippen molar-refractivity contribution in [3.8, 4) is 22.9 Å². The zero-order chi connectivity index (χ0) is 37.2. The van der Waals surface area contributed by atoms with Gasteiger partial charge in [0.15, 0.2) is 0 Å². The summed E-state index contributed by atoms with van der Waals surface area (Å²) in [7, 11) is 0. The van der Waals surface area contributed by atoms with Crippen molar-refractivity contribution in [1.82, 2.24) is 19.1 Å². The highest BCUT2D eigenvalue weighted by molar-refractivity contribution is 7.25. The molecule has 0 fully saturated rings. The minimum Gasteiger partial charge on any atom is -0.308 e. The minimum absolute atomic E-state index is 0.663. The van der Waals surface area contributed by atoms with Gasteiger partial charge in [-0.15, -0.1) is 11.3 Å². The summed E-state index contributed by atoms with van der Waals surface area (Å²) in [5, 5.41) is 13.2. The third-order valence-electron chi connectivity index (χ3n) is 11.9. The average Bonchev–Trinajstić information content (AvgIpc) is 3.93. The van der Waals surface area contributed by atoms with E-state index in [1.54, 1.807) is 0 Å². The summed E-state index contributed by atoms with van der Waals surface area (Å²) >= 11 is 1.83. The number of nitrogens with zero attached hydrogens (tertiary/aromatic N) is 4. The van der Waals surface area contributed by atoms with Gasteiger partial charge in [-0.25, -0.2) is 9.97 Å². The van der Waals surface area contributed by atoms with Crippen molar-refractivity contribution >= 4 is 108 Å². The first kappa shape index (κ1) is 30.9. The van der Waals surface area contributed by atoms with Gasteiger partial charge < -0.3 is 4.57 Å². The van der Waals surface area contributed by atoms with E-state index in [9.17, 15) is 0 Å². The number of thiophene rings is 1. The van der Waals surface area contributed by atoms with Crippen LogP contribution in [0.4, 0.5) is 0 Å². The molecule has 0 atom stereocenters. The van der Waals surface area contributed by atoms with Crippen LogP contribution in [0.25, 0.3) is 119 Å². The molecule has 0 radical (unpaired) electrons. The maximum absolute atomic E-state index is 5.54. The Bertz CT molecular complexity index is 3830. The molecule has 4 heterocycles. The van der Waals surface area contributed by atoms with Crippen molar-refractivity contribution in [3.05, 3.63) is 182 Å². The van der Waals surface area contributed by atoms with E-state index < -0.39 is 0 Å². The fourth-order valence-electron chi connectivity index (χ4n) is 9.46. The van der Waals surface area contributed by atoms with Gasteiger partial charge in [-0.1, -0.05) is 133 Å². The van der Waals surface area contributed by atoms with Crippen molar-refractivity contribution in [2.45, 2.75) is 0 Å². The second kappa shape index (κ2) is 11.6. The monoisotopic (exact) mass is 742 g/mol. The SMILES string of the molecule is c1cc(-n2c3ccccc3c3ccc4ccccc4c32)c2cc3c4ccccc4n(-c4nc(-c5cccc6sc7ccccc7c56)c5ccccc5n4)c3cc2c1. The van der Waals surface area contributed by atoms with Gasteiger partial charge in [0.05, 0.1) is 39.0 Å². The summed E-state index contributed by atoms with van der Waals surface area (Å²) in [6.07, 6.45) is 0. The molecule has 0 aliphatic carbocycles. The molecule has 13 aromatic rings. The first-order chi connectivity index (χ1) is 28.3. The van der Waals surface area contributed by atoms with Gasteiger partial charge >= 0.3 is 0 Å². The van der Waals surface area contributed by atoms with Gasteiger partial charge in [-0.3, -0.25) is 4.57 Å². The molecule has 0 spiro atoms. The lowest BCUT2D eigenvalue weighted by atomic mass is 10.0. The molecule has 5 heteroatoms. The third-order valence-corrected chi connectivity index (χ3v) is 13.0. The molecule has 0 saturated heterocycles. The van der Waals surface area contributed by atoms with E-state index in [-0.39, 0.29) is 0 Å². The molecule has 9 aromatic carbocycles. The molecular weight excluding hydrogens is 713 g/mol. The Morgan fingerprint density at radius 2 is 1.05 bits per heavy atom. The predicted octanol–water partition coefficient (Wildman–Crippen LogP) is 14.2. The van der Waals surface area contributed by atoms with Crippen LogP contribution >= 0.6 is 11.3 Å². The van der Waals surface area contributed by atoms with Crippen molar-refractivity contribution < 1.29 is 0 Å². The number of rotatable bonds is 3. The molecule has 13 rings (SSSR count). The topological polar surface area (TPSA) is 35.6 Å². The number of hydrogen-bond acceptors (Lipinski definition) is 3. The van der Waals surface area contributed by atoms with Gasteiger partial charge in [0.1, 0.15) is 0 Å². The van der Waals surface area contributed by atoms with Gasteiger partial charge in [0, 0.05) is 63.4 Å². The van der Waals surface area contributed by atoms with Gasteiger partial charge in [0.25, 0.3) is 0 Å².